The number of hydrogen-bond donors (Lipinski definition) is 1. The molecule has 5 nitrogen and oxygen atoms in total. The fourth-order valence-corrected chi connectivity index (χ4v) is 2.16. The fourth-order valence-electron chi connectivity index (χ4n) is 2.16. The maximum atomic E-state index is 13.2. The van der Waals surface area contributed by atoms with Gasteiger partial charge in [0, 0.05) is 19.3 Å². The van der Waals surface area contributed by atoms with E-state index in [0.29, 0.717) is 24.0 Å². The molecule has 2 aromatic carbocycles. The van der Waals surface area contributed by atoms with Gasteiger partial charge in [0.15, 0.2) is 5.82 Å². The van der Waals surface area contributed by atoms with Crippen LogP contribution in [0.2, 0.25) is 0 Å². The summed E-state index contributed by atoms with van der Waals surface area (Å²) >= 11 is 0. The lowest BCUT2D eigenvalue weighted by Gasteiger charge is -2.17. The Hall–Kier alpha value is -3.02. The van der Waals surface area contributed by atoms with Gasteiger partial charge in [0.2, 0.25) is 5.95 Å². The van der Waals surface area contributed by atoms with Gasteiger partial charge in [-0.05, 0) is 23.8 Å². The van der Waals surface area contributed by atoms with E-state index in [9.17, 15) is 4.39 Å². The summed E-state index contributed by atoms with van der Waals surface area (Å²) in [6.07, 6.45) is 1.50. The van der Waals surface area contributed by atoms with Gasteiger partial charge in [-0.1, -0.05) is 36.4 Å². The van der Waals surface area contributed by atoms with Crippen molar-refractivity contribution in [2.45, 2.75) is 6.54 Å². The van der Waals surface area contributed by atoms with Crippen LogP contribution in [-0.2, 0) is 6.54 Å². The molecule has 0 saturated carbocycles. The molecule has 6 heteroatoms. The summed E-state index contributed by atoms with van der Waals surface area (Å²) in [5.74, 6) is 0.703. The second kappa shape index (κ2) is 6.83. The fraction of sp³-hybridized carbons (Fsp3) is 0.118. The van der Waals surface area contributed by atoms with Gasteiger partial charge >= 0.3 is 0 Å². The molecule has 0 aliphatic rings. The van der Waals surface area contributed by atoms with Gasteiger partial charge in [0.25, 0.3) is 0 Å². The molecule has 0 aliphatic heterocycles. The van der Waals surface area contributed by atoms with Gasteiger partial charge < -0.3 is 10.2 Å². The van der Waals surface area contributed by atoms with Crippen LogP contribution in [0.3, 0.4) is 0 Å². The molecule has 0 bridgehead atoms. The first kappa shape index (κ1) is 14.9. The predicted molar refractivity (Wildman–Crippen MR) is 88.1 cm³/mol. The molecule has 0 saturated heterocycles. The van der Waals surface area contributed by atoms with Gasteiger partial charge in [-0.3, -0.25) is 0 Å². The van der Waals surface area contributed by atoms with Crippen molar-refractivity contribution >= 4 is 17.5 Å². The molecule has 0 radical (unpaired) electrons. The first-order valence-electron chi connectivity index (χ1n) is 7.18. The van der Waals surface area contributed by atoms with E-state index >= 15 is 0 Å². The van der Waals surface area contributed by atoms with Crippen molar-refractivity contribution in [1.82, 2.24) is 15.2 Å². The lowest BCUT2D eigenvalue weighted by Crippen LogP contribution is -2.19. The van der Waals surface area contributed by atoms with Crippen LogP contribution < -0.4 is 10.2 Å². The smallest absolute Gasteiger partial charge is 0.247 e. The molecule has 1 N–H and O–H groups in total. The Morgan fingerprint density at radius 3 is 2.70 bits per heavy atom. The van der Waals surface area contributed by atoms with E-state index in [2.05, 4.69) is 20.5 Å². The Kier molecular flexibility index (Phi) is 4.42. The Balaban J connectivity index is 1.74. The largest absolute Gasteiger partial charge is 0.339 e. The number of benzene rings is 2. The molecule has 0 fully saturated rings. The summed E-state index contributed by atoms with van der Waals surface area (Å²) in [5.41, 5.74) is 1.77. The highest BCUT2D eigenvalue weighted by molar-refractivity contribution is 5.56. The lowest BCUT2D eigenvalue weighted by atomic mass is 10.2. The predicted octanol–water partition coefficient (Wildman–Crippen LogP) is 3.39. The van der Waals surface area contributed by atoms with Crippen LogP contribution in [0, 0.1) is 5.82 Å². The molecule has 0 unspecified atom stereocenters. The van der Waals surface area contributed by atoms with Crippen LogP contribution in [0.5, 0.6) is 0 Å². The van der Waals surface area contributed by atoms with Crippen molar-refractivity contribution in [3.63, 3.8) is 0 Å². The number of aromatic nitrogens is 3. The maximum absolute atomic E-state index is 13.2. The van der Waals surface area contributed by atoms with Gasteiger partial charge in [-0.15, -0.1) is 5.10 Å². The Labute approximate surface area is 133 Å². The molecule has 1 heterocycles. The zero-order valence-corrected chi connectivity index (χ0v) is 12.6. The topological polar surface area (TPSA) is 53.9 Å². The number of hydrogen-bond acceptors (Lipinski definition) is 5. The van der Waals surface area contributed by atoms with E-state index in [0.717, 1.165) is 5.56 Å². The SMILES string of the molecule is CN(Cc1ccccc1)c1nncc(Nc2cccc(F)c2)n1. The highest BCUT2D eigenvalue weighted by atomic mass is 19.1. The Morgan fingerprint density at radius 1 is 1.09 bits per heavy atom. The number of nitrogens with zero attached hydrogens (tertiary/aromatic N) is 4. The van der Waals surface area contributed by atoms with Crippen molar-refractivity contribution in [1.29, 1.82) is 0 Å². The molecule has 23 heavy (non-hydrogen) atoms. The average molecular weight is 309 g/mol. The van der Waals surface area contributed by atoms with E-state index in [1.807, 2.05) is 42.3 Å². The summed E-state index contributed by atoms with van der Waals surface area (Å²) in [5, 5.41) is 11.0. The molecular formula is C17H16FN5. The van der Waals surface area contributed by atoms with Gasteiger partial charge in [0.1, 0.15) is 5.82 Å². The third kappa shape index (κ3) is 4.00. The minimum atomic E-state index is -0.307. The van der Waals surface area contributed by atoms with Crippen LogP contribution in [0.1, 0.15) is 5.56 Å². The highest BCUT2D eigenvalue weighted by Crippen LogP contribution is 2.17. The first-order valence-corrected chi connectivity index (χ1v) is 7.18. The van der Waals surface area contributed by atoms with Crippen LogP contribution >= 0.6 is 0 Å². The summed E-state index contributed by atoms with van der Waals surface area (Å²) in [6.45, 7) is 0.673. The third-order valence-corrected chi connectivity index (χ3v) is 3.25. The lowest BCUT2D eigenvalue weighted by molar-refractivity contribution is 0.628. The molecule has 3 aromatic rings. The molecule has 0 aliphatic carbocycles. The summed E-state index contributed by atoms with van der Waals surface area (Å²) in [6, 6.07) is 16.2. The van der Waals surface area contributed by atoms with E-state index in [4.69, 9.17) is 0 Å². The Morgan fingerprint density at radius 2 is 1.91 bits per heavy atom. The van der Waals surface area contributed by atoms with Crippen molar-refractivity contribution in [3.8, 4) is 0 Å². The third-order valence-electron chi connectivity index (χ3n) is 3.25. The number of rotatable bonds is 5. The molecule has 1 aromatic heterocycles. The molecule has 3 rings (SSSR count). The molecule has 0 spiro atoms. The first-order chi connectivity index (χ1) is 11.2. The van der Waals surface area contributed by atoms with Crippen molar-refractivity contribution in [2.75, 3.05) is 17.3 Å². The standard InChI is InChI=1S/C17H16FN5/c1-23(12-13-6-3-2-4-7-13)17-21-16(11-19-22-17)20-15-9-5-8-14(18)10-15/h2-11H,12H2,1H3,(H,20,21,22). The second-order valence-corrected chi connectivity index (χ2v) is 5.12. The minimum absolute atomic E-state index is 0.307. The Bertz CT molecular complexity index is 779. The van der Waals surface area contributed by atoms with E-state index in [1.54, 1.807) is 12.1 Å². The highest BCUT2D eigenvalue weighted by Gasteiger charge is 2.07. The summed E-state index contributed by atoms with van der Waals surface area (Å²) < 4.78 is 13.2. The average Bonchev–Trinajstić information content (AvgIpc) is 2.56. The van der Waals surface area contributed by atoms with Crippen molar-refractivity contribution < 1.29 is 4.39 Å². The van der Waals surface area contributed by atoms with Gasteiger partial charge in [0.05, 0.1) is 6.20 Å². The number of nitrogens with one attached hydrogen (secondary N) is 1. The normalized spacial score (nSPS) is 10.3. The van der Waals surface area contributed by atoms with Crippen molar-refractivity contribution in [3.05, 3.63) is 72.2 Å². The van der Waals surface area contributed by atoms with Gasteiger partial charge in [-0.2, -0.15) is 10.1 Å². The summed E-state index contributed by atoms with van der Waals surface area (Å²) in [4.78, 5) is 6.31. The minimum Gasteiger partial charge on any atom is -0.339 e. The molecular weight excluding hydrogens is 293 g/mol. The zero-order valence-electron chi connectivity index (χ0n) is 12.6. The molecule has 116 valence electrons. The van der Waals surface area contributed by atoms with Crippen LogP contribution in [0.15, 0.2) is 60.8 Å². The van der Waals surface area contributed by atoms with E-state index in [-0.39, 0.29) is 5.82 Å². The van der Waals surface area contributed by atoms with Crippen LogP contribution in [0.25, 0.3) is 0 Å². The molecule has 0 amide bonds. The monoisotopic (exact) mass is 309 g/mol. The number of halogens is 1. The van der Waals surface area contributed by atoms with Crippen LogP contribution in [-0.4, -0.2) is 22.2 Å². The van der Waals surface area contributed by atoms with Crippen molar-refractivity contribution in [2.24, 2.45) is 0 Å². The van der Waals surface area contributed by atoms with Crippen LogP contribution in [0.4, 0.5) is 21.8 Å². The zero-order chi connectivity index (χ0) is 16.1. The van der Waals surface area contributed by atoms with Gasteiger partial charge in [-0.25, -0.2) is 4.39 Å². The molecule has 0 atom stereocenters. The second-order valence-electron chi connectivity index (χ2n) is 5.12. The quantitative estimate of drug-likeness (QED) is 0.783. The maximum Gasteiger partial charge on any atom is 0.247 e. The van der Waals surface area contributed by atoms with E-state index < -0.39 is 0 Å². The summed E-state index contributed by atoms with van der Waals surface area (Å²) in [7, 11) is 1.90. The van der Waals surface area contributed by atoms with E-state index in [1.165, 1.54) is 18.3 Å². The number of anilines is 3.